The quantitative estimate of drug-likeness (QED) is 0.290. The molecule has 6 heteroatoms. The molecule has 2 fully saturated rings. The smallest absolute Gasteiger partial charge is 0.315 e. The van der Waals surface area contributed by atoms with Gasteiger partial charge in [-0.1, -0.05) is 0 Å². The maximum Gasteiger partial charge on any atom is 0.315 e. The lowest BCUT2D eigenvalue weighted by molar-refractivity contribution is -0.113. The number of carbonyl (C=O) groups excluding carboxylic acids is 1. The zero-order chi connectivity index (χ0) is 9.59. The van der Waals surface area contributed by atoms with Crippen LogP contribution in [0.1, 0.15) is 6.42 Å². The molecule has 0 aromatic rings. The van der Waals surface area contributed by atoms with Crippen LogP contribution in [0.5, 0.6) is 0 Å². The average Bonchev–Trinajstić information content (AvgIpc) is 2.11. The molecule has 13 heavy (non-hydrogen) atoms. The summed E-state index contributed by atoms with van der Waals surface area (Å²) in [5.41, 5.74) is 0. The third-order valence-electron chi connectivity index (χ3n) is 2.67. The molecule has 1 heterocycles. The van der Waals surface area contributed by atoms with Gasteiger partial charge in [-0.15, -0.1) is 0 Å². The van der Waals surface area contributed by atoms with E-state index < -0.39 is 36.4 Å². The summed E-state index contributed by atoms with van der Waals surface area (Å²) in [7, 11) is 0. The predicted molar refractivity (Wildman–Crippen MR) is 41.9 cm³/mol. The number of aliphatic hydroxyl groups excluding tert-OH is 3. The second kappa shape index (κ2) is 2.83. The first-order chi connectivity index (χ1) is 6.09. The molecule has 1 aliphatic carbocycles. The second-order valence-electron chi connectivity index (χ2n) is 3.54. The van der Waals surface area contributed by atoms with Gasteiger partial charge in [-0.2, -0.15) is 0 Å². The Morgan fingerprint density at radius 2 is 1.46 bits per heavy atom. The van der Waals surface area contributed by atoms with E-state index in [1.165, 1.54) is 0 Å². The number of fused-ring (bicyclic) bond motifs is 2. The van der Waals surface area contributed by atoms with Crippen LogP contribution < -0.4 is 10.6 Å². The number of amides is 2. The number of rotatable bonds is 0. The van der Waals surface area contributed by atoms with E-state index in [2.05, 4.69) is 10.6 Å². The highest BCUT2D eigenvalue weighted by molar-refractivity contribution is 5.76. The third-order valence-corrected chi connectivity index (χ3v) is 2.67. The largest absolute Gasteiger partial charge is 0.388 e. The van der Waals surface area contributed by atoms with Crippen LogP contribution in [0.4, 0.5) is 4.79 Å². The molecule has 1 unspecified atom stereocenters. The van der Waals surface area contributed by atoms with Crippen LogP contribution in [0.15, 0.2) is 0 Å². The molecule has 0 spiro atoms. The second-order valence-corrected chi connectivity index (χ2v) is 3.54. The van der Waals surface area contributed by atoms with Crippen molar-refractivity contribution in [1.29, 1.82) is 0 Å². The highest BCUT2D eigenvalue weighted by Gasteiger charge is 2.46. The average molecular weight is 188 g/mol. The van der Waals surface area contributed by atoms with Crippen molar-refractivity contribution in [2.75, 3.05) is 0 Å². The van der Waals surface area contributed by atoms with Gasteiger partial charge in [-0.05, 0) is 6.42 Å². The lowest BCUT2D eigenvalue weighted by Crippen LogP contribution is -2.70. The fraction of sp³-hybridized carbons (Fsp3) is 0.857. The van der Waals surface area contributed by atoms with Gasteiger partial charge in [0, 0.05) is 0 Å². The number of nitrogens with one attached hydrogen (secondary N) is 2. The van der Waals surface area contributed by atoms with Gasteiger partial charge in [0.25, 0.3) is 0 Å². The highest BCUT2D eigenvalue weighted by atomic mass is 16.4. The van der Waals surface area contributed by atoms with Crippen LogP contribution in [0.3, 0.4) is 0 Å². The Morgan fingerprint density at radius 3 is 1.92 bits per heavy atom. The molecule has 1 saturated heterocycles. The van der Waals surface area contributed by atoms with E-state index in [9.17, 15) is 20.1 Å². The lowest BCUT2D eigenvalue weighted by Gasteiger charge is -2.44. The van der Waals surface area contributed by atoms with Crippen LogP contribution in [0, 0.1) is 0 Å². The SMILES string of the molecule is O=C1N[C@H]2C[C@@H](N1)[C@H](O)C(O)[C@@H]2O. The molecule has 2 rings (SSSR count). The van der Waals surface area contributed by atoms with Gasteiger partial charge < -0.3 is 26.0 Å². The minimum absolute atomic E-state index is 0.411. The summed E-state index contributed by atoms with van der Waals surface area (Å²) in [6, 6.07) is -1.33. The van der Waals surface area contributed by atoms with Crippen LogP contribution in [-0.2, 0) is 0 Å². The number of urea groups is 1. The van der Waals surface area contributed by atoms with Crippen molar-refractivity contribution in [1.82, 2.24) is 10.6 Å². The molecule has 5 N–H and O–H groups in total. The van der Waals surface area contributed by atoms with Gasteiger partial charge in [0.05, 0.1) is 12.1 Å². The zero-order valence-corrected chi connectivity index (χ0v) is 6.84. The number of hydrogen-bond acceptors (Lipinski definition) is 4. The Morgan fingerprint density at radius 1 is 1.00 bits per heavy atom. The molecule has 2 amide bonds. The van der Waals surface area contributed by atoms with E-state index in [0.29, 0.717) is 6.42 Å². The van der Waals surface area contributed by atoms with Crippen LogP contribution in [0.2, 0.25) is 0 Å². The van der Waals surface area contributed by atoms with Crippen molar-refractivity contribution in [3.05, 3.63) is 0 Å². The third kappa shape index (κ3) is 1.27. The van der Waals surface area contributed by atoms with E-state index in [1.54, 1.807) is 0 Å². The molecule has 6 nitrogen and oxygen atoms in total. The molecule has 0 aromatic carbocycles. The van der Waals surface area contributed by atoms with Crippen molar-refractivity contribution in [2.45, 2.75) is 36.8 Å². The van der Waals surface area contributed by atoms with E-state index in [0.717, 1.165) is 0 Å². The molecule has 1 saturated carbocycles. The summed E-state index contributed by atoms with van der Waals surface area (Å²) in [5.74, 6) is 0. The fourth-order valence-electron chi connectivity index (χ4n) is 1.90. The van der Waals surface area contributed by atoms with Crippen molar-refractivity contribution in [3.63, 3.8) is 0 Å². The Kier molecular flexibility index (Phi) is 1.90. The topological polar surface area (TPSA) is 102 Å². The van der Waals surface area contributed by atoms with Gasteiger partial charge in [-0.3, -0.25) is 0 Å². The number of hydrogen-bond donors (Lipinski definition) is 5. The summed E-state index contributed by atoms with van der Waals surface area (Å²) >= 11 is 0. The molecule has 2 bridgehead atoms. The molecule has 5 atom stereocenters. The van der Waals surface area contributed by atoms with Crippen molar-refractivity contribution in [2.24, 2.45) is 0 Å². The standard InChI is InChI=1S/C7H12N2O4/c10-4-2-1-3(5(11)6(4)12)9-7(13)8-2/h2-6,10-12H,1H2,(H2,8,9,13)/t2-,3+,4+,5-,6?. The van der Waals surface area contributed by atoms with Gasteiger partial charge >= 0.3 is 6.03 Å². The van der Waals surface area contributed by atoms with Gasteiger partial charge in [-0.25, -0.2) is 4.79 Å². The summed E-state index contributed by atoms with van der Waals surface area (Å²) in [6.45, 7) is 0. The monoisotopic (exact) mass is 188 g/mol. The molecule has 74 valence electrons. The van der Waals surface area contributed by atoms with Gasteiger partial charge in [0.2, 0.25) is 0 Å². The van der Waals surface area contributed by atoms with Crippen molar-refractivity contribution < 1.29 is 20.1 Å². The van der Waals surface area contributed by atoms with Crippen LogP contribution in [0.25, 0.3) is 0 Å². The Hall–Kier alpha value is -0.850. The Labute approximate surface area is 74.6 Å². The fourth-order valence-corrected chi connectivity index (χ4v) is 1.90. The molecule has 1 aliphatic heterocycles. The van der Waals surface area contributed by atoms with Gasteiger partial charge in [0.1, 0.15) is 18.3 Å². The minimum Gasteiger partial charge on any atom is -0.388 e. The Balaban J connectivity index is 2.19. The Bertz CT molecular complexity index is 215. The number of aliphatic hydroxyl groups is 3. The summed E-state index contributed by atoms with van der Waals surface area (Å²) in [6.07, 6.45) is -2.93. The first kappa shape index (κ1) is 8.74. The first-order valence-electron chi connectivity index (χ1n) is 4.21. The summed E-state index contributed by atoms with van der Waals surface area (Å²) in [4.78, 5) is 10.9. The summed E-state index contributed by atoms with van der Waals surface area (Å²) in [5, 5.41) is 33.2. The van der Waals surface area contributed by atoms with Crippen molar-refractivity contribution >= 4 is 6.03 Å². The molecule has 2 aliphatic rings. The van der Waals surface area contributed by atoms with E-state index in [1.807, 2.05) is 0 Å². The van der Waals surface area contributed by atoms with E-state index in [4.69, 9.17) is 0 Å². The normalized spacial score (nSPS) is 49.5. The minimum atomic E-state index is -1.20. The summed E-state index contributed by atoms with van der Waals surface area (Å²) < 4.78 is 0. The van der Waals surface area contributed by atoms with Gasteiger partial charge in [0.15, 0.2) is 0 Å². The van der Waals surface area contributed by atoms with Crippen LogP contribution >= 0.6 is 0 Å². The maximum absolute atomic E-state index is 10.9. The zero-order valence-electron chi connectivity index (χ0n) is 6.84. The molecule has 0 aromatic heterocycles. The van der Waals surface area contributed by atoms with Crippen molar-refractivity contribution in [3.8, 4) is 0 Å². The maximum atomic E-state index is 10.9. The highest BCUT2D eigenvalue weighted by Crippen LogP contribution is 2.23. The van der Waals surface area contributed by atoms with Crippen LogP contribution in [-0.4, -0.2) is 51.7 Å². The molecular formula is C7H12N2O4. The predicted octanol–water partition coefficient (Wildman–Crippen LogP) is -2.48. The molecular weight excluding hydrogens is 176 g/mol. The molecule has 0 radical (unpaired) electrons. The number of carbonyl (C=O) groups is 1. The first-order valence-corrected chi connectivity index (χ1v) is 4.21. The lowest BCUT2D eigenvalue weighted by atomic mass is 9.83. The van der Waals surface area contributed by atoms with E-state index >= 15 is 0 Å². The van der Waals surface area contributed by atoms with E-state index in [-0.39, 0.29) is 0 Å².